The molecule has 7 heteroatoms. The van der Waals surface area contributed by atoms with Crippen molar-refractivity contribution in [1.82, 2.24) is 4.72 Å². The summed E-state index contributed by atoms with van der Waals surface area (Å²) in [6.45, 7) is 1.77. The SMILES string of the molecule is CCCC(NS(=O)(=O)c1ccsc1CO)c1cccs1. The zero-order valence-electron chi connectivity index (χ0n) is 11.1. The normalized spacial score (nSPS) is 13.5. The van der Waals surface area contributed by atoms with Crippen LogP contribution in [0, 0.1) is 0 Å². The van der Waals surface area contributed by atoms with E-state index in [0.717, 1.165) is 17.7 Å². The van der Waals surface area contributed by atoms with Crippen LogP contribution < -0.4 is 4.72 Å². The van der Waals surface area contributed by atoms with Crippen LogP contribution in [-0.4, -0.2) is 13.5 Å². The van der Waals surface area contributed by atoms with Crippen molar-refractivity contribution in [1.29, 1.82) is 0 Å². The first-order chi connectivity index (χ1) is 9.58. The molecule has 2 heterocycles. The summed E-state index contributed by atoms with van der Waals surface area (Å²) in [7, 11) is -3.60. The molecular weight excluding hydrogens is 314 g/mol. The van der Waals surface area contributed by atoms with E-state index in [9.17, 15) is 13.5 Å². The summed E-state index contributed by atoms with van der Waals surface area (Å²) in [5, 5.41) is 12.8. The van der Waals surface area contributed by atoms with Gasteiger partial charge in [0.2, 0.25) is 10.0 Å². The summed E-state index contributed by atoms with van der Waals surface area (Å²) in [6, 6.07) is 5.18. The van der Waals surface area contributed by atoms with Gasteiger partial charge in [-0.1, -0.05) is 19.4 Å². The largest absolute Gasteiger partial charge is 0.391 e. The standard InChI is InChI=1S/C13H17NO3S3/c1-2-4-10(11-5-3-7-18-11)14-20(16,17)13-6-8-19-12(13)9-15/h3,5-8,10,14-15H,2,4,9H2,1H3. The molecule has 0 aromatic carbocycles. The van der Waals surface area contributed by atoms with Gasteiger partial charge in [-0.25, -0.2) is 13.1 Å². The molecule has 2 aromatic rings. The Morgan fingerprint density at radius 2 is 2.10 bits per heavy atom. The Kier molecular flexibility index (Phi) is 5.34. The fourth-order valence-corrected chi connectivity index (χ4v) is 5.40. The summed E-state index contributed by atoms with van der Waals surface area (Å²) in [5.41, 5.74) is 0. The highest BCUT2D eigenvalue weighted by Crippen LogP contribution is 2.28. The average Bonchev–Trinajstić information content (AvgIpc) is 3.09. The Morgan fingerprint density at radius 3 is 2.70 bits per heavy atom. The third-order valence-corrected chi connectivity index (χ3v) is 6.48. The van der Waals surface area contributed by atoms with Crippen molar-refractivity contribution in [2.45, 2.75) is 37.3 Å². The summed E-state index contributed by atoms with van der Waals surface area (Å²) >= 11 is 2.79. The van der Waals surface area contributed by atoms with Gasteiger partial charge in [0.1, 0.15) is 0 Å². The molecule has 0 aliphatic heterocycles. The van der Waals surface area contributed by atoms with Crippen LogP contribution in [0.25, 0.3) is 0 Å². The predicted molar refractivity (Wildman–Crippen MR) is 82.5 cm³/mol. The van der Waals surface area contributed by atoms with Crippen LogP contribution in [0.4, 0.5) is 0 Å². The van der Waals surface area contributed by atoms with E-state index >= 15 is 0 Å². The van der Waals surface area contributed by atoms with Crippen LogP contribution in [0.3, 0.4) is 0 Å². The minimum absolute atomic E-state index is 0.183. The van der Waals surface area contributed by atoms with Gasteiger partial charge in [-0.2, -0.15) is 0 Å². The molecule has 2 rings (SSSR count). The molecule has 1 unspecified atom stereocenters. The van der Waals surface area contributed by atoms with E-state index in [2.05, 4.69) is 4.72 Å². The minimum atomic E-state index is -3.60. The Balaban J connectivity index is 2.26. The number of rotatable bonds is 7. The quantitative estimate of drug-likeness (QED) is 0.819. The van der Waals surface area contributed by atoms with Crippen molar-refractivity contribution in [3.05, 3.63) is 38.7 Å². The molecule has 2 N–H and O–H groups in total. The monoisotopic (exact) mass is 331 g/mol. The number of nitrogens with one attached hydrogen (secondary N) is 1. The van der Waals surface area contributed by atoms with Gasteiger partial charge >= 0.3 is 0 Å². The maximum absolute atomic E-state index is 12.4. The molecule has 4 nitrogen and oxygen atoms in total. The second-order valence-corrected chi connectivity index (χ2v) is 8.01. The molecule has 0 amide bonds. The average molecular weight is 331 g/mol. The minimum Gasteiger partial charge on any atom is -0.391 e. The van der Waals surface area contributed by atoms with Crippen LogP contribution in [-0.2, 0) is 16.6 Å². The molecule has 110 valence electrons. The van der Waals surface area contributed by atoms with Gasteiger partial charge < -0.3 is 5.11 Å². The number of aliphatic hydroxyl groups excluding tert-OH is 1. The third kappa shape index (κ3) is 3.48. The zero-order valence-corrected chi connectivity index (χ0v) is 13.5. The fraction of sp³-hybridized carbons (Fsp3) is 0.385. The highest BCUT2D eigenvalue weighted by atomic mass is 32.2. The van der Waals surface area contributed by atoms with Crippen LogP contribution in [0.1, 0.15) is 35.6 Å². The van der Waals surface area contributed by atoms with Gasteiger partial charge in [-0.3, -0.25) is 0 Å². The summed E-state index contributed by atoms with van der Waals surface area (Å²) in [6.07, 6.45) is 1.64. The van der Waals surface area contributed by atoms with E-state index < -0.39 is 10.0 Å². The molecule has 1 atom stereocenters. The fourth-order valence-electron chi connectivity index (χ4n) is 1.97. The second kappa shape index (κ2) is 6.82. The third-order valence-electron chi connectivity index (χ3n) is 2.90. The van der Waals surface area contributed by atoms with E-state index in [1.165, 1.54) is 17.4 Å². The molecule has 0 saturated carbocycles. The molecule has 0 aliphatic rings. The lowest BCUT2D eigenvalue weighted by Gasteiger charge is -2.17. The van der Waals surface area contributed by atoms with Crippen LogP contribution in [0.5, 0.6) is 0 Å². The van der Waals surface area contributed by atoms with Crippen molar-refractivity contribution < 1.29 is 13.5 Å². The summed E-state index contributed by atoms with van der Waals surface area (Å²) < 4.78 is 27.6. The van der Waals surface area contributed by atoms with Gasteiger partial charge in [0.05, 0.1) is 17.5 Å². The van der Waals surface area contributed by atoms with Crippen molar-refractivity contribution in [3.63, 3.8) is 0 Å². The number of aliphatic hydroxyl groups is 1. The Labute approximate surface area is 127 Å². The Hall–Kier alpha value is -0.730. The van der Waals surface area contributed by atoms with E-state index in [1.807, 2.05) is 24.4 Å². The number of hydrogen-bond donors (Lipinski definition) is 2. The smallest absolute Gasteiger partial charge is 0.242 e. The van der Waals surface area contributed by atoms with Crippen molar-refractivity contribution in [2.24, 2.45) is 0 Å². The lowest BCUT2D eigenvalue weighted by atomic mass is 10.1. The van der Waals surface area contributed by atoms with Crippen LogP contribution in [0.2, 0.25) is 0 Å². The van der Waals surface area contributed by atoms with Gasteiger partial charge in [0, 0.05) is 9.75 Å². The predicted octanol–water partition coefficient (Wildman–Crippen LogP) is 3.12. The van der Waals surface area contributed by atoms with E-state index in [4.69, 9.17) is 0 Å². The molecule has 2 aromatic heterocycles. The van der Waals surface area contributed by atoms with Gasteiger partial charge in [-0.05, 0) is 29.3 Å². The second-order valence-electron chi connectivity index (χ2n) is 4.34. The Bertz CT molecular complexity index is 632. The van der Waals surface area contributed by atoms with E-state index in [-0.39, 0.29) is 17.5 Å². The number of hydrogen-bond acceptors (Lipinski definition) is 5. The highest BCUT2D eigenvalue weighted by molar-refractivity contribution is 7.89. The van der Waals surface area contributed by atoms with Gasteiger partial charge in [0.25, 0.3) is 0 Å². The molecule has 0 aliphatic carbocycles. The molecule has 0 radical (unpaired) electrons. The lowest BCUT2D eigenvalue weighted by Crippen LogP contribution is -2.28. The molecule has 0 fully saturated rings. The first kappa shape index (κ1) is 15.7. The lowest BCUT2D eigenvalue weighted by molar-refractivity contribution is 0.282. The molecule has 20 heavy (non-hydrogen) atoms. The van der Waals surface area contributed by atoms with E-state index in [0.29, 0.717) is 4.88 Å². The van der Waals surface area contributed by atoms with Crippen LogP contribution >= 0.6 is 22.7 Å². The maximum atomic E-state index is 12.4. The molecular formula is C13H17NO3S3. The first-order valence-corrected chi connectivity index (χ1v) is 9.55. The van der Waals surface area contributed by atoms with Crippen molar-refractivity contribution >= 4 is 32.7 Å². The Morgan fingerprint density at radius 1 is 1.30 bits per heavy atom. The molecule has 0 bridgehead atoms. The van der Waals surface area contributed by atoms with E-state index in [1.54, 1.807) is 16.7 Å². The summed E-state index contributed by atoms with van der Waals surface area (Å²) in [5.74, 6) is 0. The van der Waals surface area contributed by atoms with Crippen molar-refractivity contribution in [3.8, 4) is 0 Å². The number of thiophene rings is 2. The zero-order chi connectivity index (χ0) is 14.6. The molecule has 0 saturated heterocycles. The van der Waals surface area contributed by atoms with Gasteiger partial charge in [-0.15, -0.1) is 22.7 Å². The number of sulfonamides is 1. The summed E-state index contributed by atoms with van der Waals surface area (Å²) in [4.78, 5) is 1.66. The highest BCUT2D eigenvalue weighted by Gasteiger charge is 2.24. The van der Waals surface area contributed by atoms with Gasteiger partial charge in [0.15, 0.2) is 0 Å². The van der Waals surface area contributed by atoms with Crippen LogP contribution in [0.15, 0.2) is 33.9 Å². The van der Waals surface area contributed by atoms with Crippen molar-refractivity contribution in [2.75, 3.05) is 0 Å². The maximum Gasteiger partial charge on any atom is 0.242 e. The first-order valence-electron chi connectivity index (χ1n) is 6.31. The topological polar surface area (TPSA) is 66.4 Å². The molecule has 0 spiro atoms.